The monoisotopic (exact) mass is 181 g/mol. The van der Waals surface area contributed by atoms with Crippen molar-refractivity contribution in [2.24, 2.45) is 0 Å². The van der Waals surface area contributed by atoms with Crippen LogP contribution < -0.4 is 0 Å². The van der Waals surface area contributed by atoms with E-state index >= 15 is 0 Å². The van der Waals surface area contributed by atoms with E-state index in [1.165, 1.54) is 12.1 Å². The maximum absolute atomic E-state index is 10.3. The topological polar surface area (TPSA) is 86.3 Å². The molecule has 0 bridgehead atoms. The van der Waals surface area contributed by atoms with Gasteiger partial charge in [-0.3, -0.25) is 20.2 Å². The molecule has 0 fully saturated rings. The molecular weight excluding hydrogens is 176 g/mol. The lowest BCUT2D eigenvalue weighted by atomic mass is 10.2. The Kier molecular flexibility index (Phi) is 2.14. The fourth-order valence-corrected chi connectivity index (χ4v) is 0.836. The van der Waals surface area contributed by atoms with Gasteiger partial charge in [-0.2, -0.15) is 13.0 Å². The highest BCUT2D eigenvalue weighted by Crippen LogP contribution is 2.23. The number of nitrogens with zero attached hydrogens (tertiary/aromatic N) is 2. The molecule has 0 atom stereocenters. The van der Waals surface area contributed by atoms with E-state index in [1.807, 2.05) is 0 Å². The molecule has 1 aromatic rings. The quantitative estimate of drug-likeness (QED) is 0.394. The van der Waals surface area contributed by atoms with Crippen molar-refractivity contribution in [1.29, 1.82) is 0 Å². The van der Waals surface area contributed by atoms with Gasteiger partial charge in [-0.1, -0.05) is 0 Å². The minimum absolute atomic E-state index is 0.163. The van der Waals surface area contributed by atoms with Crippen LogP contribution in [-0.4, -0.2) is 9.85 Å². The van der Waals surface area contributed by atoms with Crippen molar-refractivity contribution in [3.63, 3.8) is 0 Å². The van der Waals surface area contributed by atoms with Gasteiger partial charge in [0.15, 0.2) is 5.69 Å². The SMILES string of the molecule is [CH2-]c1ccc([N+](=O)[O-])cc1[N+](=O)[O-]. The smallest absolute Gasteiger partial charge is 0.252 e. The molecular formula is C7H5N2O4-. The lowest BCUT2D eigenvalue weighted by Crippen LogP contribution is -1.94. The molecule has 0 saturated heterocycles. The lowest BCUT2D eigenvalue weighted by Gasteiger charge is -2.03. The molecule has 0 aliphatic heterocycles. The summed E-state index contributed by atoms with van der Waals surface area (Å²) in [6.45, 7) is 3.38. The first-order chi connectivity index (χ1) is 6.02. The molecule has 0 amide bonds. The molecule has 0 aliphatic rings. The van der Waals surface area contributed by atoms with Crippen LogP contribution in [0.4, 0.5) is 11.4 Å². The highest BCUT2D eigenvalue weighted by molar-refractivity contribution is 5.50. The van der Waals surface area contributed by atoms with Crippen LogP contribution in [0.2, 0.25) is 0 Å². The van der Waals surface area contributed by atoms with Crippen molar-refractivity contribution >= 4 is 11.4 Å². The van der Waals surface area contributed by atoms with E-state index in [9.17, 15) is 20.2 Å². The molecule has 0 aliphatic carbocycles. The van der Waals surface area contributed by atoms with E-state index in [-0.39, 0.29) is 16.9 Å². The molecule has 0 N–H and O–H groups in total. The van der Waals surface area contributed by atoms with Gasteiger partial charge in [0.1, 0.15) is 0 Å². The van der Waals surface area contributed by atoms with Gasteiger partial charge in [-0.25, -0.2) is 0 Å². The van der Waals surface area contributed by atoms with E-state index in [4.69, 9.17) is 0 Å². The molecule has 1 rings (SSSR count). The van der Waals surface area contributed by atoms with Crippen molar-refractivity contribution in [2.45, 2.75) is 0 Å². The predicted octanol–water partition coefficient (Wildman–Crippen LogP) is 1.69. The van der Waals surface area contributed by atoms with Gasteiger partial charge in [-0.05, 0) is 6.07 Å². The third kappa shape index (κ3) is 1.73. The minimum atomic E-state index is -0.699. The Morgan fingerprint density at radius 2 is 1.77 bits per heavy atom. The van der Waals surface area contributed by atoms with E-state index in [0.717, 1.165) is 6.07 Å². The summed E-state index contributed by atoms with van der Waals surface area (Å²) in [6.07, 6.45) is 0. The molecule has 1 aromatic carbocycles. The summed E-state index contributed by atoms with van der Waals surface area (Å²) >= 11 is 0. The average molecular weight is 181 g/mol. The van der Waals surface area contributed by atoms with Crippen molar-refractivity contribution in [2.75, 3.05) is 0 Å². The summed E-state index contributed by atoms with van der Waals surface area (Å²) < 4.78 is 0. The summed E-state index contributed by atoms with van der Waals surface area (Å²) in [4.78, 5) is 19.2. The Morgan fingerprint density at radius 1 is 1.15 bits per heavy atom. The Hall–Kier alpha value is -2.11. The van der Waals surface area contributed by atoms with Gasteiger partial charge in [0.05, 0.1) is 4.92 Å². The van der Waals surface area contributed by atoms with Crippen molar-refractivity contribution in [3.05, 3.63) is 50.9 Å². The molecule has 0 saturated carbocycles. The summed E-state index contributed by atoms with van der Waals surface area (Å²) in [7, 11) is 0. The molecule has 0 radical (unpaired) electrons. The Balaban J connectivity index is 3.27. The Labute approximate surface area is 73.1 Å². The van der Waals surface area contributed by atoms with Crippen LogP contribution in [0.5, 0.6) is 0 Å². The van der Waals surface area contributed by atoms with Gasteiger partial charge in [0.2, 0.25) is 0 Å². The second-order valence-corrected chi connectivity index (χ2v) is 2.33. The fraction of sp³-hybridized carbons (Fsp3) is 0. The number of nitro benzene ring substituents is 2. The minimum Gasteiger partial charge on any atom is -0.270 e. The third-order valence-electron chi connectivity index (χ3n) is 1.48. The maximum atomic E-state index is 10.3. The zero-order valence-corrected chi connectivity index (χ0v) is 6.47. The molecule has 13 heavy (non-hydrogen) atoms. The van der Waals surface area contributed by atoms with Gasteiger partial charge < -0.3 is 0 Å². The molecule has 0 heterocycles. The zero-order chi connectivity index (χ0) is 10.0. The van der Waals surface area contributed by atoms with Crippen LogP contribution in [0.25, 0.3) is 0 Å². The first kappa shape index (κ1) is 8.98. The molecule has 6 nitrogen and oxygen atoms in total. The maximum Gasteiger partial charge on any atom is 0.252 e. The molecule has 68 valence electrons. The summed E-state index contributed by atoms with van der Waals surface area (Å²) in [5, 5.41) is 20.6. The Morgan fingerprint density at radius 3 is 2.23 bits per heavy atom. The van der Waals surface area contributed by atoms with Crippen LogP contribution in [0.15, 0.2) is 18.2 Å². The zero-order valence-electron chi connectivity index (χ0n) is 6.47. The normalized spacial score (nSPS) is 9.54. The van der Waals surface area contributed by atoms with E-state index < -0.39 is 9.85 Å². The molecule has 0 aromatic heterocycles. The highest BCUT2D eigenvalue weighted by atomic mass is 16.6. The van der Waals surface area contributed by atoms with Crippen molar-refractivity contribution in [1.82, 2.24) is 0 Å². The number of rotatable bonds is 2. The van der Waals surface area contributed by atoms with E-state index in [2.05, 4.69) is 6.92 Å². The van der Waals surface area contributed by atoms with Gasteiger partial charge in [0, 0.05) is 11.0 Å². The van der Waals surface area contributed by atoms with E-state index in [0.29, 0.717) is 0 Å². The van der Waals surface area contributed by atoms with Crippen LogP contribution >= 0.6 is 0 Å². The first-order valence-electron chi connectivity index (χ1n) is 3.27. The standard InChI is InChI=1S/C7H5N2O4/c1-5-2-3-6(8(10)11)4-7(5)9(12)13/h2-4H,1H2/q-1. The van der Waals surface area contributed by atoms with E-state index in [1.54, 1.807) is 0 Å². The van der Waals surface area contributed by atoms with Gasteiger partial charge in [0.25, 0.3) is 5.69 Å². The molecule has 6 heteroatoms. The Bertz CT molecular complexity index is 375. The van der Waals surface area contributed by atoms with Crippen LogP contribution in [0, 0.1) is 27.2 Å². The summed E-state index contributed by atoms with van der Waals surface area (Å²) in [5.74, 6) is 0. The number of nitro groups is 2. The average Bonchev–Trinajstić information content (AvgIpc) is 2.04. The second-order valence-electron chi connectivity index (χ2n) is 2.33. The summed E-state index contributed by atoms with van der Waals surface area (Å²) in [5.41, 5.74) is -0.482. The second kappa shape index (κ2) is 3.10. The number of benzene rings is 1. The number of hydrogen-bond acceptors (Lipinski definition) is 4. The first-order valence-corrected chi connectivity index (χ1v) is 3.27. The van der Waals surface area contributed by atoms with Crippen molar-refractivity contribution < 1.29 is 9.85 Å². The number of hydrogen-bond donors (Lipinski definition) is 0. The largest absolute Gasteiger partial charge is 0.270 e. The molecule has 0 unspecified atom stereocenters. The van der Waals surface area contributed by atoms with Crippen LogP contribution in [-0.2, 0) is 0 Å². The summed E-state index contributed by atoms with van der Waals surface area (Å²) in [6, 6.07) is 3.31. The molecule has 0 spiro atoms. The fourth-order valence-electron chi connectivity index (χ4n) is 0.836. The number of non-ortho nitro benzene ring substituents is 1. The van der Waals surface area contributed by atoms with Crippen molar-refractivity contribution in [3.8, 4) is 0 Å². The highest BCUT2D eigenvalue weighted by Gasteiger charge is 2.09. The van der Waals surface area contributed by atoms with Crippen LogP contribution in [0.1, 0.15) is 5.56 Å². The lowest BCUT2D eigenvalue weighted by molar-refractivity contribution is -0.394. The van der Waals surface area contributed by atoms with Gasteiger partial charge >= 0.3 is 0 Å². The predicted molar refractivity (Wildman–Crippen MR) is 44.2 cm³/mol. The van der Waals surface area contributed by atoms with Gasteiger partial charge in [-0.15, -0.1) is 5.56 Å². The third-order valence-corrected chi connectivity index (χ3v) is 1.48. The van der Waals surface area contributed by atoms with Crippen LogP contribution in [0.3, 0.4) is 0 Å².